The number of aryl methyl sites for hydroxylation is 2. The summed E-state index contributed by atoms with van der Waals surface area (Å²) in [5.41, 5.74) is 1.86. The summed E-state index contributed by atoms with van der Waals surface area (Å²) in [5, 5.41) is 0. The molecular formula is C14H14LaO6S2-2. The van der Waals surface area contributed by atoms with Crippen molar-refractivity contribution in [3.05, 3.63) is 59.7 Å². The fourth-order valence-corrected chi connectivity index (χ4v) is 2.35. The molecule has 1 radical (unpaired) electrons. The average molecular weight is 481 g/mol. The van der Waals surface area contributed by atoms with E-state index in [0.717, 1.165) is 11.1 Å². The van der Waals surface area contributed by atoms with Crippen LogP contribution in [0.3, 0.4) is 0 Å². The van der Waals surface area contributed by atoms with Crippen molar-refractivity contribution in [3.8, 4) is 0 Å². The van der Waals surface area contributed by atoms with Gasteiger partial charge in [-0.1, -0.05) is 35.4 Å². The van der Waals surface area contributed by atoms with Crippen molar-refractivity contribution in [1.29, 1.82) is 0 Å². The Morgan fingerprint density at radius 3 is 1.00 bits per heavy atom. The van der Waals surface area contributed by atoms with Crippen molar-refractivity contribution < 1.29 is 61.5 Å². The van der Waals surface area contributed by atoms with Gasteiger partial charge in [-0.2, -0.15) is 0 Å². The SMILES string of the molecule is Cc1ccc(S(=O)(=O)[O-])cc1.Cc1ccc(S(=O)(=O)[O-])cc1.[La]. The Balaban J connectivity index is 0.000000403. The van der Waals surface area contributed by atoms with Gasteiger partial charge in [0.25, 0.3) is 0 Å². The van der Waals surface area contributed by atoms with Crippen LogP contribution in [0, 0.1) is 49.4 Å². The van der Waals surface area contributed by atoms with E-state index < -0.39 is 20.2 Å². The van der Waals surface area contributed by atoms with Crippen molar-refractivity contribution in [1.82, 2.24) is 0 Å². The number of benzene rings is 2. The predicted octanol–water partition coefficient (Wildman–Crippen LogP) is 1.80. The number of hydrogen-bond donors (Lipinski definition) is 0. The van der Waals surface area contributed by atoms with E-state index in [0.29, 0.717) is 0 Å². The van der Waals surface area contributed by atoms with E-state index in [4.69, 9.17) is 0 Å². The minimum absolute atomic E-state index is 0. The van der Waals surface area contributed by atoms with Gasteiger partial charge in [-0.05, 0) is 38.1 Å². The molecule has 0 aromatic heterocycles. The second kappa shape index (κ2) is 9.07. The quantitative estimate of drug-likeness (QED) is 0.605. The molecular weight excluding hydrogens is 467 g/mol. The van der Waals surface area contributed by atoms with E-state index in [1.807, 2.05) is 13.8 Å². The van der Waals surface area contributed by atoms with Crippen molar-refractivity contribution in [2.75, 3.05) is 0 Å². The van der Waals surface area contributed by atoms with Crippen molar-refractivity contribution in [2.45, 2.75) is 23.6 Å². The molecule has 2 aromatic rings. The summed E-state index contributed by atoms with van der Waals surface area (Å²) in [6, 6.07) is 11.6. The van der Waals surface area contributed by atoms with Crippen LogP contribution in [0.15, 0.2) is 58.3 Å². The molecule has 0 saturated carbocycles. The molecule has 2 aromatic carbocycles. The molecule has 0 aliphatic rings. The fourth-order valence-electron chi connectivity index (χ4n) is 1.41. The molecule has 0 saturated heterocycles. The van der Waals surface area contributed by atoms with Crippen LogP contribution in [0.25, 0.3) is 0 Å². The minimum atomic E-state index is -4.27. The predicted molar refractivity (Wildman–Crippen MR) is 78.3 cm³/mol. The Kier molecular flexibility index (Phi) is 8.86. The van der Waals surface area contributed by atoms with Gasteiger partial charge in [0.1, 0.15) is 20.2 Å². The minimum Gasteiger partial charge on any atom is -0.744 e. The summed E-state index contributed by atoms with van der Waals surface area (Å²) in [5.74, 6) is 0. The molecule has 0 aliphatic heterocycles. The Labute approximate surface area is 164 Å². The summed E-state index contributed by atoms with van der Waals surface area (Å²) >= 11 is 0. The summed E-state index contributed by atoms with van der Waals surface area (Å²) in [7, 11) is -8.54. The first kappa shape index (κ1) is 22.5. The van der Waals surface area contributed by atoms with Gasteiger partial charge in [0.05, 0.1) is 9.79 Å². The first-order chi connectivity index (χ1) is 10.00. The van der Waals surface area contributed by atoms with Crippen LogP contribution in [-0.2, 0) is 20.2 Å². The van der Waals surface area contributed by atoms with Crippen LogP contribution in [-0.4, -0.2) is 25.9 Å². The normalized spacial score (nSPS) is 11.0. The monoisotopic (exact) mass is 481 g/mol. The molecule has 123 valence electrons. The van der Waals surface area contributed by atoms with Crippen molar-refractivity contribution in [2.24, 2.45) is 0 Å². The largest absolute Gasteiger partial charge is 0.744 e. The van der Waals surface area contributed by atoms with E-state index in [1.165, 1.54) is 24.3 Å². The standard InChI is InChI=1S/2C7H8O3S.La/c2*1-6-2-4-7(5-3-6)11(8,9)10;/h2*2-5H,1H3,(H,8,9,10);/p-2. The second-order valence-electron chi connectivity index (χ2n) is 4.53. The Morgan fingerprint density at radius 2 is 0.826 bits per heavy atom. The molecule has 0 fully saturated rings. The van der Waals surface area contributed by atoms with Crippen molar-refractivity contribution in [3.63, 3.8) is 0 Å². The molecule has 0 amide bonds. The summed E-state index contributed by atoms with van der Waals surface area (Å²) < 4.78 is 62.3. The van der Waals surface area contributed by atoms with Crippen LogP contribution in [0.2, 0.25) is 0 Å². The van der Waals surface area contributed by atoms with Crippen molar-refractivity contribution >= 4 is 20.2 Å². The molecule has 9 heteroatoms. The molecule has 6 nitrogen and oxygen atoms in total. The Morgan fingerprint density at radius 1 is 0.609 bits per heavy atom. The maximum absolute atomic E-state index is 10.4. The molecule has 0 bridgehead atoms. The van der Waals surface area contributed by atoms with Gasteiger partial charge in [-0.15, -0.1) is 0 Å². The smallest absolute Gasteiger partial charge is 0.124 e. The topological polar surface area (TPSA) is 114 Å². The zero-order valence-corrected chi connectivity index (χ0v) is 17.7. The van der Waals surface area contributed by atoms with Crippen LogP contribution in [0.4, 0.5) is 0 Å². The van der Waals surface area contributed by atoms with Gasteiger partial charge in [-0.25, -0.2) is 16.8 Å². The maximum atomic E-state index is 10.4. The third kappa shape index (κ3) is 8.21. The van der Waals surface area contributed by atoms with Gasteiger partial charge < -0.3 is 9.11 Å². The van der Waals surface area contributed by atoms with E-state index >= 15 is 0 Å². The molecule has 2 rings (SSSR count). The van der Waals surface area contributed by atoms with Crippen LogP contribution < -0.4 is 0 Å². The maximum Gasteiger partial charge on any atom is 0.124 e. The average Bonchev–Trinajstić information content (AvgIpc) is 2.38. The molecule has 0 heterocycles. The summed E-state index contributed by atoms with van der Waals surface area (Å²) in [4.78, 5) is -0.355. The molecule has 0 aliphatic carbocycles. The zero-order chi connectivity index (χ0) is 17.0. The Bertz CT molecular complexity index is 752. The van der Waals surface area contributed by atoms with Gasteiger partial charge in [-0.3, -0.25) is 0 Å². The van der Waals surface area contributed by atoms with Crippen LogP contribution in [0.5, 0.6) is 0 Å². The first-order valence-corrected chi connectivity index (χ1v) is 8.87. The van der Waals surface area contributed by atoms with E-state index in [2.05, 4.69) is 0 Å². The Hall–Kier alpha value is -0.545. The summed E-state index contributed by atoms with van der Waals surface area (Å²) in [6.45, 7) is 3.64. The third-order valence-electron chi connectivity index (χ3n) is 2.62. The van der Waals surface area contributed by atoms with E-state index in [9.17, 15) is 25.9 Å². The van der Waals surface area contributed by atoms with Gasteiger partial charge in [0, 0.05) is 35.6 Å². The van der Waals surface area contributed by atoms with Gasteiger partial charge in [0.15, 0.2) is 0 Å². The zero-order valence-electron chi connectivity index (χ0n) is 12.5. The van der Waals surface area contributed by atoms with Crippen LogP contribution in [0.1, 0.15) is 11.1 Å². The number of rotatable bonds is 2. The molecule has 23 heavy (non-hydrogen) atoms. The van der Waals surface area contributed by atoms with Gasteiger partial charge in [0.2, 0.25) is 0 Å². The van der Waals surface area contributed by atoms with E-state index in [1.54, 1.807) is 24.3 Å². The van der Waals surface area contributed by atoms with Crippen LogP contribution >= 0.6 is 0 Å². The van der Waals surface area contributed by atoms with E-state index in [-0.39, 0.29) is 45.4 Å². The second-order valence-corrected chi connectivity index (χ2v) is 7.29. The molecule has 0 atom stereocenters. The molecule has 0 spiro atoms. The first-order valence-electron chi connectivity index (χ1n) is 6.05. The fraction of sp³-hybridized carbons (Fsp3) is 0.143. The molecule has 0 N–H and O–H groups in total. The molecule has 0 unspecified atom stereocenters. The van der Waals surface area contributed by atoms with Gasteiger partial charge >= 0.3 is 0 Å². The number of hydrogen-bond acceptors (Lipinski definition) is 6. The third-order valence-corrected chi connectivity index (χ3v) is 4.32. The summed E-state index contributed by atoms with van der Waals surface area (Å²) in [6.07, 6.45) is 0.